The van der Waals surface area contributed by atoms with Gasteiger partial charge in [0.05, 0.1) is 0 Å². The number of carbonyl (C=O) groups excluding carboxylic acids is 1. The Morgan fingerprint density at radius 1 is 1.04 bits per heavy atom. The Labute approximate surface area is 163 Å². The topological polar surface area (TPSA) is 74.8 Å². The first-order chi connectivity index (χ1) is 13.5. The molecular weight excluding hydrogens is 350 g/mol. The van der Waals surface area contributed by atoms with Gasteiger partial charge < -0.3 is 10.3 Å². The second kappa shape index (κ2) is 8.83. The van der Waals surface area contributed by atoms with Gasteiger partial charge >= 0.3 is 0 Å². The molecule has 5 heteroatoms. The highest BCUT2D eigenvalue weighted by Gasteiger charge is 2.10. The number of benzene rings is 2. The van der Waals surface area contributed by atoms with Crippen LogP contribution in [0.25, 0.3) is 0 Å². The van der Waals surface area contributed by atoms with E-state index in [0.717, 1.165) is 11.1 Å². The standard InChI is InChI=1S/C23H21N3O2/c1-16-21(23(28)25-17(2)24-16)13-14-22(27)26-20-10-6-9-19(15-20)12-11-18-7-4-3-5-8-18/h3-10,15H,13-14H2,1-2H3,(H,26,27)(H,24,25,28). The molecule has 0 bridgehead atoms. The molecule has 0 atom stereocenters. The van der Waals surface area contributed by atoms with Crippen molar-refractivity contribution in [2.24, 2.45) is 0 Å². The Morgan fingerprint density at radius 3 is 2.50 bits per heavy atom. The molecule has 1 aromatic heterocycles. The van der Waals surface area contributed by atoms with Gasteiger partial charge in [0, 0.05) is 34.5 Å². The lowest BCUT2D eigenvalue weighted by molar-refractivity contribution is -0.116. The zero-order valence-corrected chi connectivity index (χ0v) is 15.9. The fraction of sp³-hybridized carbons (Fsp3) is 0.174. The lowest BCUT2D eigenvalue weighted by Crippen LogP contribution is -2.20. The van der Waals surface area contributed by atoms with E-state index in [1.807, 2.05) is 54.6 Å². The molecule has 140 valence electrons. The van der Waals surface area contributed by atoms with Crippen molar-refractivity contribution in [3.05, 3.63) is 93.2 Å². The maximum Gasteiger partial charge on any atom is 0.254 e. The van der Waals surface area contributed by atoms with Crippen molar-refractivity contribution >= 4 is 11.6 Å². The number of hydrogen-bond donors (Lipinski definition) is 2. The predicted molar refractivity (Wildman–Crippen MR) is 110 cm³/mol. The zero-order valence-electron chi connectivity index (χ0n) is 15.9. The van der Waals surface area contributed by atoms with Gasteiger partial charge in [-0.05, 0) is 50.6 Å². The van der Waals surface area contributed by atoms with Crippen molar-refractivity contribution in [3.63, 3.8) is 0 Å². The first-order valence-electron chi connectivity index (χ1n) is 9.04. The Balaban J connectivity index is 1.64. The highest BCUT2D eigenvalue weighted by molar-refractivity contribution is 5.91. The third-order valence-corrected chi connectivity index (χ3v) is 4.21. The summed E-state index contributed by atoms with van der Waals surface area (Å²) in [5, 5.41) is 2.86. The van der Waals surface area contributed by atoms with Crippen LogP contribution in [0.3, 0.4) is 0 Å². The van der Waals surface area contributed by atoms with Crippen LogP contribution in [-0.2, 0) is 11.2 Å². The summed E-state index contributed by atoms with van der Waals surface area (Å²) in [5.74, 6) is 6.61. The molecule has 0 radical (unpaired) electrons. The van der Waals surface area contributed by atoms with Crippen LogP contribution in [-0.4, -0.2) is 15.9 Å². The first kappa shape index (κ1) is 19.1. The fourth-order valence-corrected chi connectivity index (χ4v) is 2.85. The summed E-state index contributed by atoms with van der Waals surface area (Å²) in [7, 11) is 0. The Kier molecular flexibility index (Phi) is 6.03. The SMILES string of the molecule is Cc1nc(C)c(CCC(=O)Nc2cccc(C#Cc3ccccc3)c2)c(=O)[nH]1. The Morgan fingerprint density at radius 2 is 1.75 bits per heavy atom. The Hall–Kier alpha value is -3.65. The first-order valence-corrected chi connectivity index (χ1v) is 9.04. The monoisotopic (exact) mass is 371 g/mol. The summed E-state index contributed by atoms with van der Waals surface area (Å²) >= 11 is 0. The van der Waals surface area contributed by atoms with Gasteiger partial charge in [-0.3, -0.25) is 9.59 Å². The molecule has 0 saturated heterocycles. The summed E-state index contributed by atoms with van der Waals surface area (Å²) in [6.07, 6.45) is 0.544. The normalized spacial score (nSPS) is 10.1. The van der Waals surface area contributed by atoms with E-state index < -0.39 is 0 Å². The summed E-state index contributed by atoms with van der Waals surface area (Å²) in [6.45, 7) is 3.52. The van der Waals surface area contributed by atoms with E-state index in [9.17, 15) is 9.59 Å². The summed E-state index contributed by atoms with van der Waals surface area (Å²) < 4.78 is 0. The summed E-state index contributed by atoms with van der Waals surface area (Å²) in [4.78, 5) is 31.2. The van der Waals surface area contributed by atoms with Gasteiger partial charge in [0.15, 0.2) is 0 Å². The molecule has 0 aliphatic rings. The second-order valence-corrected chi connectivity index (χ2v) is 6.46. The molecule has 5 nitrogen and oxygen atoms in total. The maximum absolute atomic E-state index is 12.3. The van der Waals surface area contributed by atoms with Gasteiger partial charge in [-0.1, -0.05) is 36.1 Å². The van der Waals surface area contributed by atoms with Gasteiger partial charge in [0.1, 0.15) is 5.82 Å². The summed E-state index contributed by atoms with van der Waals surface area (Å²) in [6, 6.07) is 17.1. The Bertz CT molecular complexity index is 1110. The van der Waals surface area contributed by atoms with Crippen LogP contribution >= 0.6 is 0 Å². The van der Waals surface area contributed by atoms with Crippen molar-refractivity contribution in [1.29, 1.82) is 0 Å². The molecule has 0 unspecified atom stereocenters. The van der Waals surface area contributed by atoms with Crippen LogP contribution in [0, 0.1) is 25.7 Å². The number of aromatic amines is 1. The van der Waals surface area contributed by atoms with E-state index in [1.165, 1.54) is 0 Å². The highest BCUT2D eigenvalue weighted by atomic mass is 16.1. The van der Waals surface area contributed by atoms with Gasteiger partial charge in [-0.2, -0.15) is 0 Å². The van der Waals surface area contributed by atoms with E-state index >= 15 is 0 Å². The lowest BCUT2D eigenvalue weighted by Gasteiger charge is -2.07. The molecule has 2 aromatic carbocycles. The van der Waals surface area contributed by atoms with Crippen molar-refractivity contribution in [3.8, 4) is 11.8 Å². The molecule has 28 heavy (non-hydrogen) atoms. The molecule has 3 rings (SSSR count). The third-order valence-electron chi connectivity index (χ3n) is 4.21. The van der Waals surface area contributed by atoms with Gasteiger partial charge in [-0.25, -0.2) is 4.98 Å². The minimum absolute atomic E-state index is 0.160. The molecule has 0 fully saturated rings. The molecular formula is C23H21N3O2. The van der Waals surface area contributed by atoms with Crippen LogP contribution in [0.15, 0.2) is 59.4 Å². The number of aryl methyl sites for hydroxylation is 2. The van der Waals surface area contributed by atoms with Gasteiger partial charge in [0.25, 0.3) is 5.56 Å². The fourth-order valence-electron chi connectivity index (χ4n) is 2.85. The quantitative estimate of drug-likeness (QED) is 0.691. The van der Waals surface area contributed by atoms with Crippen LogP contribution in [0.5, 0.6) is 0 Å². The van der Waals surface area contributed by atoms with Crippen molar-refractivity contribution in [1.82, 2.24) is 9.97 Å². The van der Waals surface area contributed by atoms with E-state index in [4.69, 9.17) is 0 Å². The minimum atomic E-state index is -0.184. The third kappa shape index (κ3) is 5.18. The molecule has 1 heterocycles. The van der Waals surface area contributed by atoms with Crippen LogP contribution in [0.4, 0.5) is 5.69 Å². The molecule has 2 N–H and O–H groups in total. The number of rotatable bonds is 4. The van der Waals surface area contributed by atoms with Crippen molar-refractivity contribution in [2.45, 2.75) is 26.7 Å². The van der Waals surface area contributed by atoms with E-state index in [0.29, 0.717) is 29.2 Å². The van der Waals surface area contributed by atoms with Gasteiger partial charge in [0.2, 0.25) is 5.91 Å². The smallest absolute Gasteiger partial charge is 0.254 e. The van der Waals surface area contributed by atoms with E-state index in [2.05, 4.69) is 27.1 Å². The van der Waals surface area contributed by atoms with Crippen molar-refractivity contribution < 1.29 is 4.79 Å². The average molecular weight is 371 g/mol. The summed E-state index contributed by atoms with van der Waals surface area (Å²) in [5.41, 5.74) is 3.45. The largest absolute Gasteiger partial charge is 0.326 e. The number of hydrogen-bond acceptors (Lipinski definition) is 3. The number of H-pyrrole nitrogens is 1. The average Bonchev–Trinajstić information content (AvgIpc) is 2.66. The van der Waals surface area contributed by atoms with E-state index in [1.54, 1.807) is 13.8 Å². The number of carbonyl (C=O) groups is 1. The minimum Gasteiger partial charge on any atom is -0.326 e. The molecule has 0 aliphatic carbocycles. The van der Waals surface area contributed by atoms with Crippen LogP contribution in [0.2, 0.25) is 0 Å². The molecule has 0 saturated carbocycles. The molecule has 0 spiro atoms. The molecule has 3 aromatic rings. The lowest BCUT2D eigenvalue weighted by atomic mass is 10.1. The van der Waals surface area contributed by atoms with Crippen LogP contribution < -0.4 is 10.9 Å². The number of nitrogens with zero attached hydrogens (tertiary/aromatic N) is 1. The maximum atomic E-state index is 12.3. The molecule has 1 amide bonds. The predicted octanol–water partition coefficient (Wildman–Crippen LogP) is 3.36. The second-order valence-electron chi connectivity index (χ2n) is 6.46. The van der Waals surface area contributed by atoms with Gasteiger partial charge in [-0.15, -0.1) is 0 Å². The molecule has 0 aliphatic heterocycles. The number of amides is 1. The number of anilines is 1. The number of nitrogens with one attached hydrogen (secondary N) is 2. The number of aromatic nitrogens is 2. The van der Waals surface area contributed by atoms with Crippen LogP contribution in [0.1, 0.15) is 34.6 Å². The zero-order chi connectivity index (χ0) is 19.9. The van der Waals surface area contributed by atoms with E-state index in [-0.39, 0.29) is 17.9 Å². The highest BCUT2D eigenvalue weighted by Crippen LogP contribution is 2.11. The van der Waals surface area contributed by atoms with Crippen molar-refractivity contribution in [2.75, 3.05) is 5.32 Å².